The van der Waals surface area contributed by atoms with Crippen LogP contribution >= 0.6 is 11.5 Å². The van der Waals surface area contributed by atoms with Crippen LogP contribution in [0.3, 0.4) is 0 Å². The number of carbonyl (C=O) groups excluding carboxylic acids is 1. The normalized spacial score (nSPS) is 15.2. The van der Waals surface area contributed by atoms with Gasteiger partial charge in [0.05, 0.1) is 11.1 Å². The molecule has 0 N–H and O–H groups in total. The molecule has 0 bridgehead atoms. The van der Waals surface area contributed by atoms with Crippen molar-refractivity contribution < 1.29 is 31.1 Å². The van der Waals surface area contributed by atoms with E-state index in [4.69, 9.17) is 0 Å². The van der Waals surface area contributed by atoms with Crippen LogP contribution in [0.1, 0.15) is 44.9 Å². The van der Waals surface area contributed by atoms with Gasteiger partial charge in [-0.1, -0.05) is 29.8 Å². The minimum atomic E-state index is -5.01. The van der Waals surface area contributed by atoms with Crippen molar-refractivity contribution in [2.75, 3.05) is 31.1 Å². The van der Waals surface area contributed by atoms with Crippen LogP contribution in [0.5, 0.6) is 0 Å². The van der Waals surface area contributed by atoms with E-state index in [1.54, 1.807) is 0 Å². The second-order valence-corrected chi connectivity index (χ2v) is 9.31. The summed E-state index contributed by atoms with van der Waals surface area (Å²) in [6, 6.07) is 8.98. The number of amides is 1. The monoisotopic (exact) mass is 528 g/mol. The molecule has 1 fully saturated rings. The molecule has 36 heavy (non-hydrogen) atoms. The summed E-state index contributed by atoms with van der Waals surface area (Å²) in [6.07, 6.45) is -8.99. The summed E-state index contributed by atoms with van der Waals surface area (Å²) >= 11 is 1.21. The highest BCUT2D eigenvalue weighted by Gasteiger charge is 2.38. The topological polar surface area (TPSA) is 49.3 Å². The molecule has 1 aliphatic heterocycles. The molecule has 2 aromatic carbocycles. The number of carbonyl (C=O) groups is 1. The second kappa shape index (κ2) is 10.1. The quantitative estimate of drug-likeness (QED) is 0.400. The summed E-state index contributed by atoms with van der Waals surface area (Å²) in [5.41, 5.74) is -1.44. The average Bonchev–Trinajstić information content (AvgIpc) is 3.13. The van der Waals surface area contributed by atoms with Crippen molar-refractivity contribution in [2.45, 2.75) is 32.1 Å². The number of alkyl halides is 6. The Morgan fingerprint density at radius 3 is 2.17 bits per heavy atom. The van der Waals surface area contributed by atoms with E-state index in [0.29, 0.717) is 49.0 Å². The zero-order valence-electron chi connectivity index (χ0n) is 19.2. The number of anilines is 1. The molecule has 0 saturated carbocycles. The predicted molar refractivity (Wildman–Crippen MR) is 123 cm³/mol. The first-order chi connectivity index (χ1) is 16.9. The molecule has 1 aromatic heterocycles. The third-order valence-corrected chi connectivity index (χ3v) is 6.64. The third kappa shape index (κ3) is 6.15. The number of halogens is 6. The maximum Gasteiger partial charge on any atom is 0.416 e. The van der Waals surface area contributed by atoms with Crippen molar-refractivity contribution in [3.05, 3.63) is 76.1 Å². The molecule has 0 radical (unpaired) electrons. The number of benzene rings is 2. The van der Waals surface area contributed by atoms with Gasteiger partial charge in [0.1, 0.15) is 5.82 Å². The minimum absolute atomic E-state index is 0.0184. The standard InChI is InChI=1S/C24H22F6N4OS/c1-15-3-5-16(6-4-15)11-20-31-22(36-32-20)34-8-2-7-33(9-10-34)21(35)17-12-18(23(25,26)27)14-19(13-17)24(28,29)30/h3-6,12-14H,2,7-11H2,1H3. The molecule has 192 valence electrons. The Labute approximate surface area is 207 Å². The Kier molecular flexibility index (Phi) is 7.26. The van der Waals surface area contributed by atoms with Crippen LogP contribution in [0.4, 0.5) is 31.5 Å². The smallest absolute Gasteiger partial charge is 0.345 e. The van der Waals surface area contributed by atoms with Gasteiger partial charge < -0.3 is 9.80 Å². The van der Waals surface area contributed by atoms with Crippen molar-refractivity contribution in [3.63, 3.8) is 0 Å². The summed E-state index contributed by atoms with van der Waals surface area (Å²) in [5.74, 6) is -0.217. The molecule has 0 unspecified atom stereocenters. The summed E-state index contributed by atoms with van der Waals surface area (Å²) in [7, 11) is 0. The van der Waals surface area contributed by atoms with Gasteiger partial charge >= 0.3 is 12.4 Å². The van der Waals surface area contributed by atoms with Gasteiger partial charge in [-0.2, -0.15) is 30.7 Å². The van der Waals surface area contributed by atoms with Crippen LogP contribution in [0, 0.1) is 6.92 Å². The maximum atomic E-state index is 13.2. The highest BCUT2D eigenvalue weighted by atomic mass is 32.1. The first-order valence-corrected chi connectivity index (χ1v) is 11.9. The van der Waals surface area contributed by atoms with Crippen LogP contribution < -0.4 is 4.90 Å². The summed E-state index contributed by atoms with van der Waals surface area (Å²) in [5, 5.41) is 0.657. The first-order valence-electron chi connectivity index (χ1n) is 11.1. The third-order valence-electron chi connectivity index (χ3n) is 5.83. The van der Waals surface area contributed by atoms with Gasteiger partial charge in [-0.15, -0.1) is 0 Å². The number of aromatic nitrogens is 2. The maximum absolute atomic E-state index is 13.2. The Morgan fingerprint density at radius 1 is 0.917 bits per heavy atom. The molecule has 0 aliphatic carbocycles. The molecule has 1 saturated heterocycles. The lowest BCUT2D eigenvalue weighted by molar-refractivity contribution is -0.143. The van der Waals surface area contributed by atoms with E-state index >= 15 is 0 Å². The molecule has 1 aliphatic rings. The van der Waals surface area contributed by atoms with Crippen LogP contribution in [-0.2, 0) is 18.8 Å². The molecular formula is C24H22F6N4OS. The van der Waals surface area contributed by atoms with Crippen LogP contribution in [0.2, 0.25) is 0 Å². The average molecular weight is 529 g/mol. The number of hydrogen-bond donors (Lipinski definition) is 0. The van der Waals surface area contributed by atoms with Gasteiger partial charge in [-0.25, -0.2) is 4.98 Å². The first kappa shape index (κ1) is 25.9. The van der Waals surface area contributed by atoms with Crippen LogP contribution in [0.25, 0.3) is 0 Å². The predicted octanol–water partition coefficient (Wildman–Crippen LogP) is 5.83. The highest BCUT2D eigenvalue weighted by Crippen LogP contribution is 2.36. The SMILES string of the molecule is Cc1ccc(Cc2nsc(N3CCCN(C(=O)c4cc(C(F)(F)F)cc(C(F)(F)F)c4)CC3)n2)cc1. The van der Waals surface area contributed by atoms with Crippen molar-refractivity contribution in [2.24, 2.45) is 0 Å². The van der Waals surface area contributed by atoms with Crippen molar-refractivity contribution in [3.8, 4) is 0 Å². The summed E-state index contributed by atoms with van der Waals surface area (Å²) in [6.45, 7) is 3.18. The highest BCUT2D eigenvalue weighted by molar-refractivity contribution is 7.09. The van der Waals surface area contributed by atoms with E-state index in [-0.39, 0.29) is 19.2 Å². The van der Waals surface area contributed by atoms with E-state index in [1.165, 1.54) is 16.4 Å². The van der Waals surface area contributed by atoms with Gasteiger partial charge in [-0.3, -0.25) is 4.79 Å². The molecule has 2 heterocycles. The summed E-state index contributed by atoms with van der Waals surface area (Å²) < 4.78 is 83.6. The van der Waals surface area contributed by atoms with Crippen LogP contribution in [-0.4, -0.2) is 46.3 Å². The fraction of sp³-hybridized carbons (Fsp3) is 0.375. The Morgan fingerprint density at radius 2 is 1.56 bits per heavy atom. The van der Waals surface area contributed by atoms with Gasteiger partial charge in [0.15, 0.2) is 0 Å². The largest absolute Gasteiger partial charge is 0.416 e. The lowest BCUT2D eigenvalue weighted by Gasteiger charge is -2.22. The Bertz CT molecular complexity index is 1190. The fourth-order valence-corrected chi connectivity index (χ4v) is 4.64. The number of rotatable bonds is 4. The molecule has 3 aromatic rings. The lowest BCUT2D eigenvalue weighted by atomic mass is 10.0. The van der Waals surface area contributed by atoms with Crippen molar-refractivity contribution in [1.82, 2.24) is 14.3 Å². The van der Waals surface area contributed by atoms with Gasteiger partial charge in [0.2, 0.25) is 5.13 Å². The molecular weight excluding hydrogens is 506 g/mol. The molecule has 5 nitrogen and oxygen atoms in total. The molecule has 4 rings (SSSR count). The van der Waals surface area contributed by atoms with Crippen molar-refractivity contribution >= 4 is 22.6 Å². The zero-order chi connectivity index (χ0) is 26.1. The van der Waals surface area contributed by atoms with Crippen LogP contribution in [0.15, 0.2) is 42.5 Å². The second-order valence-electron chi connectivity index (χ2n) is 8.58. The van der Waals surface area contributed by atoms with Gasteiger partial charge in [0.25, 0.3) is 5.91 Å². The van der Waals surface area contributed by atoms with E-state index < -0.39 is 35.0 Å². The number of aryl methyl sites for hydroxylation is 1. The Hall–Kier alpha value is -3.15. The molecule has 12 heteroatoms. The lowest BCUT2D eigenvalue weighted by Crippen LogP contribution is -2.35. The zero-order valence-corrected chi connectivity index (χ0v) is 20.0. The van der Waals surface area contributed by atoms with Gasteiger partial charge in [0, 0.05) is 49.7 Å². The van der Waals surface area contributed by atoms with E-state index in [1.807, 2.05) is 36.1 Å². The van der Waals surface area contributed by atoms with Crippen molar-refractivity contribution in [1.29, 1.82) is 0 Å². The Balaban J connectivity index is 1.46. The van der Waals surface area contributed by atoms with E-state index in [0.717, 1.165) is 11.1 Å². The number of nitrogens with zero attached hydrogens (tertiary/aromatic N) is 4. The number of hydrogen-bond acceptors (Lipinski definition) is 5. The minimum Gasteiger partial charge on any atom is -0.345 e. The summed E-state index contributed by atoms with van der Waals surface area (Å²) in [4.78, 5) is 20.7. The van der Waals surface area contributed by atoms with E-state index in [2.05, 4.69) is 9.36 Å². The fourth-order valence-electron chi connectivity index (χ4n) is 3.91. The van der Waals surface area contributed by atoms with Gasteiger partial charge in [-0.05, 0) is 37.1 Å². The molecule has 1 amide bonds. The molecule has 0 spiro atoms. The van der Waals surface area contributed by atoms with E-state index in [9.17, 15) is 31.1 Å². The molecule has 0 atom stereocenters.